The lowest BCUT2D eigenvalue weighted by atomic mass is 9.70. The number of nitrogens with zero attached hydrogens (tertiary/aromatic N) is 4. The van der Waals surface area contributed by atoms with Crippen molar-refractivity contribution in [1.82, 2.24) is 25.0 Å². The first-order chi connectivity index (χ1) is 24.6. The highest BCUT2D eigenvalue weighted by Gasteiger charge is 2.62. The Labute approximate surface area is 307 Å². The van der Waals surface area contributed by atoms with E-state index >= 15 is 0 Å². The number of halogens is 3. The summed E-state index contributed by atoms with van der Waals surface area (Å²) in [5.74, 6) is -1.36. The zero-order valence-electron chi connectivity index (χ0n) is 30.5. The molecular formula is C36H52F3N5O7S. The fourth-order valence-electron chi connectivity index (χ4n) is 8.72. The normalized spacial score (nSPS) is 29.4. The standard InChI is InChI=1S/C36H52F3N5O7S/c1-22(50-17-23-7-9-25(10-8-23)51-36(37,38)39)29(33(48)42-11-5-6-24(14-42)16-49-4)41-30(45)27-15-43(32(47)28-13-40-21-52-28)18-35(27)19-44(20-35)31(46)26-12-34(26,2)3/h13,21-27,29H,5-12,14-20H2,1-4H3,(H,41,45)/t22-,23?,24+,25?,26-,27+,29+/m1/s1. The Kier molecular flexibility index (Phi) is 11.6. The summed E-state index contributed by atoms with van der Waals surface area (Å²) in [6.45, 7) is 8.75. The van der Waals surface area contributed by atoms with Gasteiger partial charge in [-0.15, -0.1) is 24.5 Å². The van der Waals surface area contributed by atoms with Gasteiger partial charge >= 0.3 is 6.36 Å². The number of amides is 4. The molecule has 52 heavy (non-hydrogen) atoms. The maximum absolute atomic E-state index is 14.4. The molecule has 5 fully saturated rings. The van der Waals surface area contributed by atoms with E-state index in [1.807, 2.05) is 0 Å². The van der Waals surface area contributed by atoms with Crippen LogP contribution in [0.3, 0.4) is 0 Å². The third kappa shape index (κ3) is 8.76. The Morgan fingerprint density at radius 1 is 0.981 bits per heavy atom. The molecule has 2 saturated carbocycles. The lowest BCUT2D eigenvalue weighted by Gasteiger charge is -2.50. The van der Waals surface area contributed by atoms with Crippen molar-refractivity contribution in [3.63, 3.8) is 0 Å². The van der Waals surface area contributed by atoms with Gasteiger partial charge in [-0.2, -0.15) is 0 Å². The van der Waals surface area contributed by atoms with Crippen LogP contribution < -0.4 is 5.32 Å². The number of methoxy groups -OCH3 is 1. The van der Waals surface area contributed by atoms with Crippen LogP contribution in [-0.2, 0) is 28.6 Å². The van der Waals surface area contributed by atoms with Crippen LogP contribution in [0.25, 0.3) is 0 Å². The topological polar surface area (TPSA) is 131 Å². The van der Waals surface area contributed by atoms with Crippen LogP contribution in [-0.4, -0.2) is 128 Å². The number of piperidine rings is 1. The zero-order chi connectivity index (χ0) is 37.4. The van der Waals surface area contributed by atoms with Gasteiger partial charge in [0, 0.05) is 64.3 Å². The number of hydrogen-bond donors (Lipinski definition) is 1. The number of carbonyl (C=O) groups is 4. The van der Waals surface area contributed by atoms with Gasteiger partial charge in [-0.3, -0.25) is 28.9 Å². The second-order valence-corrected chi connectivity index (χ2v) is 17.3. The van der Waals surface area contributed by atoms with Crippen molar-refractivity contribution >= 4 is 35.0 Å². The number of carbonyl (C=O) groups excluding carboxylic acids is 4. The largest absolute Gasteiger partial charge is 0.522 e. The summed E-state index contributed by atoms with van der Waals surface area (Å²) < 4.78 is 54.1. The van der Waals surface area contributed by atoms with Crippen molar-refractivity contribution in [2.75, 3.05) is 59.6 Å². The molecular weight excluding hydrogens is 703 g/mol. The van der Waals surface area contributed by atoms with Crippen molar-refractivity contribution in [3.05, 3.63) is 16.6 Å². The van der Waals surface area contributed by atoms with E-state index in [1.165, 1.54) is 17.5 Å². The number of ether oxygens (including phenoxy) is 3. The molecule has 3 aliphatic heterocycles. The molecule has 3 saturated heterocycles. The first kappa shape index (κ1) is 38.9. The van der Waals surface area contributed by atoms with E-state index in [-0.39, 0.29) is 72.8 Å². The molecule has 1 N–H and O–H groups in total. The van der Waals surface area contributed by atoms with Crippen LogP contribution in [0.5, 0.6) is 0 Å². The molecule has 4 amide bonds. The smallest absolute Gasteiger partial charge is 0.384 e. The van der Waals surface area contributed by atoms with Gasteiger partial charge in [0.05, 0.1) is 36.4 Å². The second-order valence-electron chi connectivity index (χ2n) is 16.4. The number of nitrogens with one attached hydrogen (secondary N) is 1. The lowest BCUT2D eigenvalue weighted by molar-refractivity contribution is -0.345. The molecule has 0 unspecified atom stereocenters. The molecule has 1 spiro atoms. The molecule has 4 heterocycles. The SMILES string of the molecule is COC[C@H]1CCCN(C(=O)[C@@H](NC(=O)[C@@H]2CN(C(=O)c3cncs3)CC23CN(C(=O)[C@H]2CC2(C)C)C3)[C@@H](C)OCC2CCC(OC(F)(F)F)CC2)C1. The summed E-state index contributed by atoms with van der Waals surface area (Å²) in [6.07, 6.45) is -0.750. The Bertz CT molecular complexity index is 1450. The van der Waals surface area contributed by atoms with Gasteiger partial charge in [0.25, 0.3) is 5.91 Å². The molecule has 290 valence electrons. The molecule has 0 bridgehead atoms. The number of rotatable bonds is 12. The highest BCUT2D eigenvalue weighted by molar-refractivity contribution is 7.11. The van der Waals surface area contributed by atoms with Crippen LogP contribution in [0, 0.1) is 34.5 Å². The second kappa shape index (κ2) is 15.5. The van der Waals surface area contributed by atoms with Crippen molar-refractivity contribution in [2.45, 2.75) is 90.3 Å². The van der Waals surface area contributed by atoms with E-state index in [0.717, 1.165) is 19.3 Å². The van der Waals surface area contributed by atoms with Crippen LogP contribution in [0.4, 0.5) is 13.2 Å². The Hall–Kier alpha value is -2.82. The van der Waals surface area contributed by atoms with E-state index in [0.29, 0.717) is 57.0 Å². The van der Waals surface area contributed by atoms with Crippen molar-refractivity contribution in [3.8, 4) is 0 Å². The Morgan fingerprint density at radius 3 is 2.29 bits per heavy atom. The minimum atomic E-state index is -4.67. The van der Waals surface area contributed by atoms with E-state index < -0.39 is 35.9 Å². The highest BCUT2D eigenvalue weighted by Crippen LogP contribution is 2.54. The molecule has 0 aromatic carbocycles. The van der Waals surface area contributed by atoms with Crippen LogP contribution in [0.15, 0.2) is 11.7 Å². The summed E-state index contributed by atoms with van der Waals surface area (Å²) in [6, 6.07) is -1.04. The average Bonchev–Trinajstić information content (AvgIpc) is 3.44. The number of thiazole rings is 1. The van der Waals surface area contributed by atoms with Gasteiger partial charge in [-0.25, -0.2) is 0 Å². The van der Waals surface area contributed by atoms with E-state index in [2.05, 4.69) is 28.9 Å². The third-order valence-corrected chi connectivity index (χ3v) is 12.7. The van der Waals surface area contributed by atoms with Gasteiger partial charge in [0.1, 0.15) is 10.9 Å². The summed E-state index contributed by atoms with van der Waals surface area (Å²) in [5.41, 5.74) is 0.876. The fraction of sp³-hybridized carbons (Fsp3) is 0.806. The molecule has 1 aromatic heterocycles. The Morgan fingerprint density at radius 2 is 1.67 bits per heavy atom. The summed E-state index contributed by atoms with van der Waals surface area (Å²) in [7, 11) is 1.63. The minimum absolute atomic E-state index is 0.0117. The van der Waals surface area contributed by atoms with Crippen LogP contribution >= 0.6 is 11.3 Å². The first-order valence-electron chi connectivity index (χ1n) is 18.5. The highest BCUT2D eigenvalue weighted by atomic mass is 32.1. The van der Waals surface area contributed by atoms with Crippen LogP contribution in [0.1, 0.15) is 75.4 Å². The zero-order valence-corrected chi connectivity index (χ0v) is 31.3. The van der Waals surface area contributed by atoms with Crippen molar-refractivity contribution in [1.29, 1.82) is 0 Å². The summed E-state index contributed by atoms with van der Waals surface area (Å²) >= 11 is 1.23. The number of likely N-dealkylation sites (tertiary alicyclic amines) is 3. The Balaban J connectivity index is 1.16. The van der Waals surface area contributed by atoms with Crippen molar-refractivity contribution in [2.24, 2.45) is 34.5 Å². The molecule has 2 aliphatic carbocycles. The lowest BCUT2D eigenvalue weighted by Crippen LogP contribution is -2.65. The van der Waals surface area contributed by atoms with Gasteiger partial charge in [-0.05, 0) is 69.1 Å². The third-order valence-electron chi connectivity index (χ3n) is 12.0. The minimum Gasteiger partial charge on any atom is -0.384 e. The van der Waals surface area contributed by atoms with Gasteiger partial charge in [0.2, 0.25) is 17.7 Å². The monoisotopic (exact) mass is 755 g/mol. The van der Waals surface area contributed by atoms with Gasteiger partial charge in [0.15, 0.2) is 0 Å². The molecule has 5 atom stereocenters. The molecule has 16 heteroatoms. The molecule has 6 rings (SSSR count). The maximum Gasteiger partial charge on any atom is 0.522 e. The number of alkyl halides is 3. The van der Waals surface area contributed by atoms with E-state index in [1.54, 1.807) is 34.2 Å². The van der Waals surface area contributed by atoms with Crippen LogP contribution in [0.2, 0.25) is 0 Å². The molecule has 1 aromatic rings. The molecule has 0 radical (unpaired) electrons. The summed E-state index contributed by atoms with van der Waals surface area (Å²) in [5, 5.41) is 3.05. The number of aromatic nitrogens is 1. The summed E-state index contributed by atoms with van der Waals surface area (Å²) in [4.78, 5) is 65.3. The van der Waals surface area contributed by atoms with Crippen molar-refractivity contribution < 1.29 is 46.6 Å². The van der Waals surface area contributed by atoms with Gasteiger partial charge < -0.3 is 29.5 Å². The molecule has 5 aliphatic rings. The average molecular weight is 756 g/mol. The number of hydrogen-bond acceptors (Lipinski definition) is 9. The first-order valence-corrected chi connectivity index (χ1v) is 19.4. The van der Waals surface area contributed by atoms with E-state index in [4.69, 9.17) is 9.47 Å². The maximum atomic E-state index is 14.4. The van der Waals surface area contributed by atoms with Gasteiger partial charge in [-0.1, -0.05) is 13.8 Å². The molecule has 12 nitrogen and oxygen atoms in total. The predicted molar refractivity (Wildman–Crippen MR) is 184 cm³/mol. The van der Waals surface area contributed by atoms with E-state index in [9.17, 15) is 32.3 Å². The predicted octanol–water partition coefficient (Wildman–Crippen LogP) is 3.96. The quantitative estimate of drug-likeness (QED) is 0.340. The fourth-order valence-corrected chi connectivity index (χ4v) is 9.30.